The van der Waals surface area contributed by atoms with Crippen LogP contribution >= 0.6 is 7.75 Å². The topological polar surface area (TPSA) is 278 Å². The summed E-state index contributed by atoms with van der Waals surface area (Å²) in [5.41, 5.74) is 9.98. The van der Waals surface area contributed by atoms with Gasteiger partial charge in [-0.3, -0.25) is 33.5 Å². The molecule has 1 aliphatic heterocycles. The molecule has 0 radical (unpaired) electrons. The van der Waals surface area contributed by atoms with Crippen molar-refractivity contribution in [1.29, 1.82) is 0 Å². The van der Waals surface area contributed by atoms with Crippen LogP contribution in [0.4, 0.5) is 0 Å². The quantitative estimate of drug-likeness (QED) is 0.0163. The number of aromatic nitrogens is 1. The molecule has 5 N–H and O–H groups in total. The highest BCUT2D eigenvalue weighted by Gasteiger charge is 2.45. The van der Waals surface area contributed by atoms with Crippen molar-refractivity contribution in [2.45, 2.75) is 162 Å². The maximum Gasteiger partial charge on any atom is 0.406 e. The molecular weight excluding hydrogens is 996 g/mol. The molecule has 0 saturated carbocycles. The first-order chi connectivity index (χ1) is 36.0. The molecule has 21 nitrogen and oxygen atoms in total. The van der Waals surface area contributed by atoms with Crippen molar-refractivity contribution in [1.82, 2.24) is 35.4 Å². The van der Waals surface area contributed by atoms with Gasteiger partial charge in [-0.25, -0.2) is 4.57 Å². The highest BCUT2D eigenvalue weighted by molar-refractivity contribution is 7.50. The Morgan fingerprint density at radius 1 is 0.921 bits per heavy atom. The van der Waals surface area contributed by atoms with Crippen LogP contribution in [0, 0.1) is 29.6 Å². The maximum absolute atomic E-state index is 14.7. The fourth-order valence-corrected chi connectivity index (χ4v) is 11.4. The van der Waals surface area contributed by atoms with E-state index >= 15 is 0 Å². The molecule has 1 aromatic carbocycles. The first-order valence-corrected chi connectivity index (χ1v) is 28.4. The molecule has 0 aliphatic carbocycles. The molecule has 3 unspecified atom stereocenters. The first-order valence-electron chi connectivity index (χ1n) is 26.9. The second kappa shape index (κ2) is 32.7. The van der Waals surface area contributed by atoms with E-state index in [2.05, 4.69) is 31.0 Å². The number of carbonyl (C=O) groups excluding carboxylic acids is 5. The molecule has 12 atom stereocenters. The lowest BCUT2D eigenvalue weighted by molar-refractivity contribution is -0.146. The van der Waals surface area contributed by atoms with Crippen molar-refractivity contribution in [3.05, 3.63) is 76.4 Å². The zero-order chi connectivity index (χ0) is 56.7. The summed E-state index contributed by atoms with van der Waals surface area (Å²) in [5.74, 6) is -4.10. The van der Waals surface area contributed by atoms with Crippen LogP contribution in [-0.4, -0.2) is 156 Å². The van der Waals surface area contributed by atoms with Crippen LogP contribution in [0.2, 0.25) is 0 Å². The number of carbonyl (C=O) groups is 5. The van der Waals surface area contributed by atoms with Gasteiger partial charge in [-0.2, -0.15) is 4.67 Å². The van der Waals surface area contributed by atoms with Gasteiger partial charge in [0.25, 0.3) is 0 Å². The maximum atomic E-state index is 14.7. The molecule has 1 fully saturated rings. The van der Waals surface area contributed by atoms with Crippen LogP contribution in [0.25, 0.3) is 10.4 Å². The van der Waals surface area contributed by atoms with Crippen molar-refractivity contribution < 1.29 is 52.5 Å². The number of likely N-dealkylation sites (tertiary alicyclic amines) is 1. The minimum Gasteiger partial charge on any atom is -0.386 e. The number of aliphatic hydroxyl groups is 1. The average molecular weight is 1090 g/mol. The number of amides is 5. The standard InChI is InChI=1S/C54H89N10O11P/c1-13-37(6)48(44(73-11)32-45(65)64-31-27-42(34-64)50(74-12)38(7)51(67)59-39(8)49(66)41-23-17-16-18-24-41)62(9)54(70)46(35(2)3)60-53(69)47(36(4)5)63(10)76(71,72)75-43(26-25-40-22-21-28-56-33-40)52(68)57-29-19-14-15-20-30-58-61-55/h16-18,21-24,28,33,35-39,42-44,46-50,66H,13-15,19-20,25-27,29-32,34H2,1-12H3,(H,57,68)(H,59,67)(H,60,69)(H,71,72)/t37-,38+,39+,42?,43?,44+,46-,47-,48-,49+,50+/m0/s1. The molecule has 76 heavy (non-hydrogen) atoms. The van der Waals surface area contributed by atoms with Crippen molar-refractivity contribution in [3.8, 4) is 0 Å². The molecule has 2 heterocycles. The molecule has 1 aromatic heterocycles. The van der Waals surface area contributed by atoms with E-state index in [-0.39, 0.29) is 43.0 Å². The number of rotatable bonds is 34. The summed E-state index contributed by atoms with van der Waals surface area (Å²) >= 11 is 0. The monoisotopic (exact) mass is 1080 g/mol. The summed E-state index contributed by atoms with van der Waals surface area (Å²) < 4.78 is 32.9. The number of likely N-dealkylation sites (N-methyl/N-ethyl adjacent to an activating group) is 2. The number of benzene rings is 1. The number of unbranched alkanes of at least 4 members (excludes halogenated alkanes) is 3. The summed E-state index contributed by atoms with van der Waals surface area (Å²) in [6.07, 6.45) is 4.14. The van der Waals surface area contributed by atoms with E-state index in [1.807, 2.05) is 38.1 Å². The number of ether oxygens (including phenoxy) is 2. The molecule has 3 rings (SSSR count). The summed E-state index contributed by atoms with van der Waals surface area (Å²) in [6, 6.07) is 9.13. The lowest BCUT2D eigenvalue weighted by Gasteiger charge is -2.40. The molecule has 0 bridgehead atoms. The van der Waals surface area contributed by atoms with Gasteiger partial charge >= 0.3 is 7.75 Å². The second-order valence-electron chi connectivity index (χ2n) is 21.0. The highest BCUT2D eigenvalue weighted by atomic mass is 31.2. The van der Waals surface area contributed by atoms with Crippen molar-refractivity contribution in [2.75, 3.05) is 54.5 Å². The second-order valence-corrected chi connectivity index (χ2v) is 22.8. The third kappa shape index (κ3) is 19.5. The molecule has 2 aromatic rings. The Bertz CT molecular complexity index is 2210. The number of azide groups is 1. The minimum absolute atomic E-state index is 0.0389. The summed E-state index contributed by atoms with van der Waals surface area (Å²) in [6.45, 7) is 15.9. The molecule has 5 amide bonds. The van der Waals surface area contributed by atoms with Crippen LogP contribution in [0.3, 0.4) is 0 Å². The number of nitrogens with zero attached hydrogens (tertiary/aromatic N) is 7. The van der Waals surface area contributed by atoms with Crippen LogP contribution < -0.4 is 16.0 Å². The Kier molecular flexibility index (Phi) is 28.1. The predicted molar refractivity (Wildman–Crippen MR) is 291 cm³/mol. The molecular formula is C54H89N10O11P. The number of hydrogen-bond acceptors (Lipinski definition) is 12. The normalized spacial score (nSPS) is 18.5. The Morgan fingerprint density at radius 2 is 1.61 bits per heavy atom. The number of aryl methyl sites for hydroxylation is 1. The van der Waals surface area contributed by atoms with Gasteiger partial charge in [-0.15, -0.1) is 0 Å². The van der Waals surface area contributed by atoms with Gasteiger partial charge in [-0.05, 0) is 86.6 Å². The Balaban J connectivity index is 1.74. The van der Waals surface area contributed by atoms with Gasteiger partial charge in [0, 0.05) is 70.7 Å². The third-order valence-corrected chi connectivity index (χ3v) is 16.3. The van der Waals surface area contributed by atoms with E-state index in [1.54, 1.807) is 91.2 Å². The number of pyridine rings is 1. The van der Waals surface area contributed by atoms with E-state index in [9.17, 15) is 38.5 Å². The molecule has 1 saturated heterocycles. The van der Waals surface area contributed by atoms with E-state index in [0.717, 1.165) is 23.1 Å². The van der Waals surface area contributed by atoms with Crippen LogP contribution in [0.5, 0.6) is 0 Å². The van der Waals surface area contributed by atoms with E-state index in [4.69, 9.17) is 19.5 Å². The summed E-state index contributed by atoms with van der Waals surface area (Å²) in [5, 5.41) is 23.1. The van der Waals surface area contributed by atoms with Gasteiger partial charge in [0.15, 0.2) is 0 Å². The largest absolute Gasteiger partial charge is 0.406 e. The molecule has 22 heteroatoms. The smallest absolute Gasteiger partial charge is 0.386 e. The van der Waals surface area contributed by atoms with Gasteiger partial charge in [0.05, 0.1) is 42.7 Å². The zero-order valence-corrected chi connectivity index (χ0v) is 47.9. The fraction of sp³-hybridized carbons (Fsp3) is 0.704. The van der Waals surface area contributed by atoms with Gasteiger partial charge in [-0.1, -0.05) is 109 Å². The van der Waals surface area contributed by atoms with Crippen LogP contribution in [0.1, 0.15) is 124 Å². The SMILES string of the molecule is CC[C@H](C)[C@@H]([C@@H](CC(=O)N1CCC([C@H](OC)[C@@H](C)C(=O)N[C@H](C)[C@@H](O)c2ccccc2)C1)OC)N(C)C(=O)[C@@H](NC(=O)[C@H](C(C)C)N(C)P(=O)(O)OC(CCc1cccnc1)C(=O)NCCCCCCN=[N+]=[N-])C(C)C. The predicted octanol–water partition coefficient (Wildman–Crippen LogP) is 6.60. The molecule has 0 spiro atoms. The van der Waals surface area contributed by atoms with Crippen molar-refractivity contribution >= 4 is 37.3 Å². The number of nitrogens with one attached hydrogen (secondary N) is 3. The van der Waals surface area contributed by atoms with E-state index < -0.39 is 91.8 Å². The lowest BCUT2D eigenvalue weighted by atomic mass is 9.89. The van der Waals surface area contributed by atoms with Gasteiger partial charge in [0.1, 0.15) is 18.2 Å². The first kappa shape index (κ1) is 65.3. The van der Waals surface area contributed by atoms with E-state index in [1.165, 1.54) is 19.1 Å². The Labute approximate surface area is 451 Å². The summed E-state index contributed by atoms with van der Waals surface area (Å²) in [7, 11) is 1.08. The average Bonchev–Trinajstić information content (AvgIpc) is 3.89. The van der Waals surface area contributed by atoms with Gasteiger partial charge < -0.3 is 45.2 Å². The van der Waals surface area contributed by atoms with E-state index in [0.29, 0.717) is 57.3 Å². The lowest BCUT2D eigenvalue weighted by Crippen LogP contribution is -2.59. The number of hydrogen-bond donors (Lipinski definition) is 5. The van der Waals surface area contributed by atoms with Gasteiger partial charge in [0.2, 0.25) is 29.5 Å². The number of aliphatic hydroxyl groups excluding tert-OH is 1. The number of methoxy groups -OCH3 is 2. The zero-order valence-electron chi connectivity index (χ0n) is 47.0. The van der Waals surface area contributed by atoms with Crippen molar-refractivity contribution in [3.63, 3.8) is 0 Å². The molecule has 426 valence electrons. The molecule has 1 aliphatic rings. The van der Waals surface area contributed by atoms with Crippen LogP contribution in [0.15, 0.2) is 60.0 Å². The highest BCUT2D eigenvalue weighted by Crippen LogP contribution is 2.49. The Morgan fingerprint density at radius 3 is 2.20 bits per heavy atom. The third-order valence-electron chi connectivity index (χ3n) is 14.7. The Hall–Kier alpha value is -4.98. The minimum atomic E-state index is -4.89. The fourth-order valence-electron chi connectivity index (χ4n) is 10.0. The summed E-state index contributed by atoms with van der Waals surface area (Å²) in [4.78, 5) is 92.2. The van der Waals surface area contributed by atoms with Crippen molar-refractivity contribution in [2.24, 2.45) is 34.7 Å². The van der Waals surface area contributed by atoms with Crippen LogP contribution in [-0.2, 0) is 49.0 Å².